The molecule has 1 saturated carbocycles. The fourth-order valence-corrected chi connectivity index (χ4v) is 5.46. The Labute approximate surface area is 244 Å². The summed E-state index contributed by atoms with van der Waals surface area (Å²) in [7, 11) is 1.70. The van der Waals surface area contributed by atoms with Crippen molar-refractivity contribution in [2.75, 3.05) is 33.2 Å². The van der Waals surface area contributed by atoms with Gasteiger partial charge in [0.1, 0.15) is 18.0 Å². The zero-order valence-corrected chi connectivity index (χ0v) is 24.5. The Bertz CT molecular complexity index is 1270. The van der Waals surface area contributed by atoms with Crippen molar-refractivity contribution in [2.45, 2.75) is 76.7 Å². The number of hydrogen-bond donors (Lipinski definition) is 1. The fraction of sp³-hybridized carbons (Fsp3) is 0.567. The second-order valence-corrected chi connectivity index (χ2v) is 12.0. The number of carboxylic acid groups (broad SMARTS) is 1. The molecule has 42 heavy (non-hydrogen) atoms. The summed E-state index contributed by atoms with van der Waals surface area (Å²) in [6, 6.07) is 4.18. The molecule has 0 radical (unpaired) electrons. The number of likely N-dealkylation sites (tertiary alicyclic amines) is 1. The van der Waals surface area contributed by atoms with Crippen molar-refractivity contribution in [1.29, 1.82) is 0 Å². The Balaban J connectivity index is 1.33. The molecule has 230 valence electrons. The van der Waals surface area contributed by atoms with Gasteiger partial charge in [-0.05, 0) is 71.2 Å². The number of aromatic nitrogens is 1. The highest BCUT2D eigenvalue weighted by Gasteiger charge is 2.49. The van der Waals surface area contributed by atoms with Gasteiger partial charge in [-0.2, -0.15) is 4.39 Å². The fourth-order valence-electron chi connectivity index (χ4n) is 5.46. The molecule has 2 amide bonds. The summed E-state index contributed by atoms with van der Waals surface area (Å²) >= 11 is 0. The molecule has 1 N–H and O–H groups in total. The number of carbonyl (C=O) groups is 2. The molecule has 2 aliphatic rings. The third-order valence-corrected chi connectivity index (χ3v) is 7.60. The van der Waals surface area contributed by atoms with Crippen LogP contribution >= 0.6 is 0 Å². The zero-order valence-electron chi connectivity index (χ0n) is 24.5. The van der Waals surface area contributed by atoms with Crippen molar-refractivity contribution in [3.63, 3.8) is 0 Å². The lowest BCUT2D eigenvalue weighted by molar-refractivity contribution is 0.0290. The van der Waals surface area contributed by atoms with Crippen molar-refractivity contribution in [3.05, 3.63) is 59.2 Å². The summed E-state index contributed by atoms with van der Waals surface area (Å²) in [6.45, 7) is 7.86. The van der Waals surface area contributed by atoms with E-state index in [0.29, 0.717) is 45.0 Å². The molecule has 1 aliphatic carbocycles. The van der Waals surface area contributed by atoms with E-state index in [9.17, 15) is 27.9 Å². The van der Waals surface area contributed by atoms with E-state index in [-0.39, 0.29) is 35.6 Å². The van der Waals surface area contributed by atoms with Gasteiger partial charge in [-0.25, -0.2) is 23.4 Å². The summed E-state index contributed by atoms with van der Waals surface area (Å²) < 4.78 is 54.0. The maximum atomic E-state index is 14.8. The van der Waals surface area contributed by atoms with Gasteiger partial charge < -0.3 is 29.3 Å². The third kappa shape index (κ3) is 8.05. The minimum absolute atomic E-state index is 0.120. The number of carbonyl (C=O) groups excluding carboxylic acids is 1. The van der Waals surface area contributed by atoms with Crippen LogP contribution in [0.4, 0.5) is 22.8 Å². The molecule has 2 heterocycles. The first-order valence-electron chi connectivity index (χ1n) is 14.2. The first-order chi connectivity index (χ1) is 19.8. The normalized spacial score (nSPS) is 19.3. The van der Waals surface area contributed by atoms with Crippen LogP contribution in [0.15, 0.2) is 30.5 Å². The van der Waals surface area contributed by atoms with Crippen LogP contribution in [0, 0.1) is 17.6 Å². The second-order valence-electron chi connectivity index (χ2n) is 12.0. The Kier molecular flexibility index (Phi) is 9.85. The molecule has 0 bridgehead atoms. The molecular formula is C30H39F3N4O5. The molecule has 2 atom stereocenters. The van der Waals surface area contributed by atoms with Gasteiger partial charge in [-0.15, -0.1) is 0 Å². The number of hydrogen-bond acceptors (Lipinski definition) is 6. The lowest BCUT2D eigenvalue weighted by atomic mass is 10.0. The van der Waals surface area contributed by atoms with Crippen LogP contribution in [-0.4, -0.2) is 87.9 Å². The lowest BCUT2D eigenvalue weighted by Gasteiger charge is -2.38. The average Bonchev–Trinajstić information content (AvgIpc) is 3.68. The van der Waals surface area contributed by atoms with E-state index in [4.69, 9.17) is 9.47 Å². The Morgan fingerprint density at radius 1 is 1.17 bits per heavy atom. The first-order valence-corrected chi connectivity index (χ1v) is 14.2. The number of nitrogens with zero attached hydrogens (tertiary/aromatic N) is 4. The van der Waals surface area contributed by atoms with Crippen LogP contribution in [0.2, 0.25) is 0 Å². The van der Waals surface area contributed by atoms with Crippen molar-refractivity contribution in [1.82, 2.24) is 19.7 Å². The highest BCUT2D eigenvalue weighted by molar-refractivity contribution is 5.68. The maximum Gasteiger partial charge on any atom is 0.410 e. The highest BCUT2D eigenvalue weighted by atomic mass is 19.1. The van der Waals surface area contributed by atoms with Gasteiger partial charge >= 0.3 is 12.2 Å². The standard InChI is InChI=1S/C30H39F3N4O5/c1-30(2,3)42-29(40)35(4)11-6-12-36-13-8-21(9-14-36)37(28(38)39)25-17-22(25)23-15-20(31)16-24(32)26(23)41-18-19-7-5-10-34-27(19)33/h5,7,10,15-16,21-22,25H,6,8-9,11-14,17-18H2,1-4H3,(H,38,39). The molecular weight excluding hydrogens is 553 g/mol. The highest BCUT2D eigenvalue weighted by Crippen LogP contribution is 2.50. The summed E-state index contributed by atoms with van der Waals surface area (Å²) in [5.41, 5.74) is -0.199. The van der Waals surface area contributed by atoms with Crippen molar-refractivity contribution in [3.8, 4) is 5.75 Å². The largest absolute Gasteiger partial charge is 0.485 e. The van der Waals surface area contributed by atoms with Crippen LogP contribution in [0.1, 0.15) is 63.5 Å². The van der Waals surface area contributed by atoms with Gasteiger partial charge in [0.15, 0.2) is 11.6 Å². The number of amides is 2. The molecule has 0 spiro atoms. The van der Waals surface area contributed by atoms with Crippen molar-refractivity contribution >= 4 is 12.2 Å². The van der Waals surface area contributed by atoms with Crippen LogP contribution in [0.25, 0.3) is 0 Å². The van der Waals surface area contributed by atoms with E-state index in [2.05, 4.69) is 9.88 Å². The van der Waals surface area contributed by atoms with Crippen LogP contribution in [0.3, 0.4) is 0 Å². The van der Waals surface area contributed by atoms with Gasteiger partial charge in [0.25, 0.3) is 0 Å². The number of halogens is 3. The van der Waals surface area contributed by atoms with E-state index in [0.717, 1.165) is 13.0 Å². The number of rotatable bonds is 10. The SMILES string of the molecule is CN(CCCN1CCC(N(C(=O)O)C2CC2c2cc(F)cc(F)c2OCc2cccnc2F)CC1)C(=O)OC(C)(C)C. The average molecular weight is 593 g/mol. The smallest absolute Gasteiger partial charge is 0.410 e. The minimum Gasteiger partial charge on any atom is -0.485 e. The molecule has 1 saturated heterocycles. The number of piperidine rings is 1. The van der Waals surface area contributed by atoms with Gasteiger partial charge in [0.2, 0.25) is 5.95 Å². The molecule has 2 unspecified atom stereocenters. The van der Waals surface area contributed by atoms with E-state index in [1.165, 1.54) is 29.3 Å². The van der Waals surface area contributed by atoms with Gasteiger partial charge in [0, 0.05) is 68.1 Å². The molecule has 12 heteroatoms. The molecule has 2 fully saturated rings. The lowest BCUT2D eigenvalue weighted by Crippen LogP contribution is -2.48. The predicted molar refractivity (Wildman–Crippen MR) is 149 cm³/mol. The Morgan fingerprint density at radius 2 is 1.88 bits per heavy atom. The summed E-state index contributed by atoms with van der Waals surface area (Å²) in [4.78, 5) is 33.3. The monoisotopic (exact) mass is 592 g/mol. The van der Waals surface area contributed by atoms with Crippen molar-refractivity contribution in [2.24, 2.45) is 0 Å². The van der Waals surface area contributed by atoms with E-state index >= 15 is 0 Å². The van der Waals surface area contributed by atoms with E-state index in [1.54, 1.807) is 11.9 Å². The molecule has 1 aliphatic heterocycles. The van der Waals surface area contributed by atoms with Gasteiger partial charge in [0.05, 0.1) is 0 Å². The van der Waals surface area contributed by atoms with Crippen LogP contribution in [-0.2, 0) is 11.3 Å². The third-order valence-electron chi connectivity index (χ3n) is 7.60. The second kappa shape index (κ2) is 13.2. The van der Waals surface area contributed by atoms with Crippen LogP contribution in [0.5, 0.6) is 5.75 Å². The topological polar surface area (TPSA) is 95.4 Å². The molecule has 2 aromatic rings. The Morgan fingerprint density at radius 3 is 2.52 bits per heavy atom. The summed E-state index contributed by atoms with van der Waals surface area (Å²) in [5.74, 6) is -3.11. The molecule has 1 aromatic heterocycles. The van der Waals surface area contributed by atoms with Gasteiger partial charge in [-0.1, -0.05) is 0 Å². The maximum absolute atomic E-state index is 14.8. The van der Waals surface area contributed by atoms with E-state index < -0.39 is 41.2 Å². The number of ether oxygens (including phenoxy) is 2. The molecule has 1 aromatic carbocycles. The minimum atomic E-state index is -1.07. The quantitative estimate of drug-likeness (QED) is 0.357. The van der Waals surface area contributed by atoms with E-state index in [1.807, 2.05) is 20.8 Å². The predicted octanol–water partition coefficient (Wildman–Crippen LogP) is 5.64. The summed E-state index contributed by atoms with van der Waals surface area (Å²) in [6.07, 6.45) is 2.25. The van der Waals surface area contributed by atoms with Crippen LogP contribution < -0.4 is 4.74 Å². The number of benzene rings is 1. The van der Waals surface area contributed by atoms with Gasteiger partial charge in [-0.3, -0.25) is 0 Å². The summed E-state index contributed by atoms with van der Waals surface area (Å²) in [5, 5.41) is 10.1. The molecule has 4 rings (SSSR count). The molecule has 9 nitrogen and oxygen atoms in total. The zero-order chi connectivity index (χ0) is 30.6. The Hall–Kier alpha value is -3.54. The van der Waals surface area contributed by atoms with Crippen molar-refractivity contribution < 1.29 is 37.3 Å². The number of pyridine rings is 1. The first kappa shape index (κ1) is 31.4.